The molecule has 1 aliphatic heterocycles. The van der Waals surface area contributed by atoms with Crippen molar-refractivity contribution in [1.29, 1.82) is 0 Å². The zero-order valence-corrected chi connectivity index (χ0v) is 11.6. The molecule has 0 saturated carbocycles. The SMILES string of the molecule is CCOCC.Cc1ccc(N2C(=O)C=CC2=O)cc1. The Morgan fingerprint density at radius 1 is 0.947 bits per heavy atom. The Kier molecular flexibility index (Phi) is 5.96. The molecular formula is C15H19NO3. The van der Waals surface area contributed by atoms with Gasteiger partial charge in [-0.25, -0.2) is 4.90 Å². The molecule has 0 spiro atoms. The van der Waals surface area contributed by atoms with Crippen molar-refractivity contribution in [1.82, 2.24) is 0 Å². The van der Waals surface area contributed by atoms with Crippen LogP contribution in [0.3, 0.4) is 0 Å². The van der Waals surface area contributed by atoms with E-state index in [2.05, 4.69) is 0 Å². The summed E-state index contributed by atoms with van der Waals surface area (Å²) in [7, 11) is 0. The average molecular weight is 261 g/mol. The third-order valence-electron chi connectivity index (χ3n) is 2.51. The number of rotatable bonds is 3. The number of aryl methyl sites for hydroxylation is 1. The number of ether oxygens (including phenoxy) is 1. The van der Waals surface area contributed by atoms with Crippen LogP contribution in [-0.2, 0) is 14.3 Å². The molecular weight excluding hydrogens is 242 g/mol. The van der Waals surface area contributed by atoms with Gasteiger partial charge in [0.15, 0.2) is 0 Å². The first-order valence-electron chi connectivity index (χ1n) is 6.30. The fourth-order valence-electron chi connectivity index (χ4n) is 1.55. The van der Waals surface area contributed by atoms with Gasteiger partial charge in [0.05, 0.1) is 5.69 Å². The van der Waals surface area contributed by atoms with Crippen LogP contribution in [0.5, 0.6) is 0 Å². The van der Waals surface area contributed by atoms with E-state index in [4.69, 9.17) is 4.74 Å². The van der Waals surface area contributed by atoms with E-state index in [1.165, 1.54) is 12.2 Å². The molecule has 2 rings (SSSR count). The lowest BCUT2D eigenvalue weighted by Gasteiger charge is -2.13. The van der Waals surface area contributed by atoms with Crippen molar-refractivity contribution in [2.24, 2.45) is 0 Å². The van der Waals surface area contributed by atoms with Crippen LogP contribution in [0, 0.1) is 6.92 Å². The molecule has 0 saturated heterocycles. The molecule has 0 fully saturated rings. The number of benzene rings is 1. The second kappa shape index (κ2) is 7.48. The Morgan fingerprint density at radius 3 is 1.79 bits per heavy atom. The number of nitrogens with zero attached hydrogens (tertiary/aromatic N) is 1. The molecule has 0 aliphatic carbocycles. The van der Waals surface area contributed by atoms with Gasteiger partial charge in [-0.15, -0.1) is 0 Å². The van der Waals surface area contributed by atoms with Crippen LogP contribution in [0.4, 0.5) is 5.69 Å². The van der Waals surface area contributed by atoms with Crippen LogP contribution in [0.25, 0.3) is 0 Å². The lowest BCUT2D eigenvalue weighted by molar-refractivity contribution is -0.119. The molecule has 4 heteroatoms. The summed E-state index contributed by atoms with van der Waals surface area (Å²) in [6.07, 6.45) is 2.56. The van der Waals surface area contributed by atoms with Gasteiger partial charge in [-0.3, -0.25) is 9.59 Å². The standard InChI is InChI=1S/C11H9NO2.C4H10O/c1-8-2-4-9(5-3-8)12-10(13)6-7-11(12)14;1-3-5-4-2/h2-7H,1H3;3-4H2,1-2H3. The third kappa shape index (κ3) is 4.34. The molecule has 0 N–H and O–H groups in total. The van der Waals surface area contributed by atoms with E-state index in [9.17, 15) is 9.59 Å². The summed E-state index contributed by atoms with van der Waals surface area (Å²) >= 11 is 0. The minimum Gasteiger partial charge on any atom is -0.382 e. The number of imide groups is 1. The normalized spacial score (nSPS) is 13.5. The van der Waals surface area contributed by atoms with Gasteiger partial charge in [0.2, 0.25) is 0 Å². The van der Waals surface area contributed by atoms with Gasteiger partial charge < -0.3 is 4.74 Å². The smallest absolute Gasteiger partial charge is 0.258 e. The van der Waals surface area contributed by atoms with Crippen molar-refractivity contribution >= 4 is 17.5 Å². The summed E-state index contributed by atoms with van der Waals surface area (Å²) < 4.78 is 4.83. The number of hydrogen-bond acceptors (Lipinski definition) is 3. The number of carbonyl (C=O) groups is 2. The number of anilines is 1. The summed E-state index contributed by atoms with van der Waals surface area (Å²) in [5.74, 6) is -0.558. The molecule has 1 aromatic carbocycles. The fourth-order valence-corrected chi connectivity index (χ4v) is 1.55. The first-order valence-corrected chi connectivity index (χ1v) is 6.30. The Bertz CT molecular complexity index is 443. The van der Waals surface area contributed by atoms with Crippen LogP contribution in [0.15, 0.2) is 36.4 Å². The second-order valence-electron chi connectivity index (χ2n) is 3.96. The molecule has 4 nitrogen and oxygen atoms in total. The Hall–Kier alpha value is -1.94. The monoisotopic (exact) mass is 261 g/mol. The highest BCUT2D eigenvalue weighted by Crippen LogP contribution is 2.18. The molecule has 19 heavy (non-hydrogen) atoms. The van der Waals surface area contributed by atoms with Crippen LogP contribution in [0.2, 0.25) is 0 Å². The summed E-state index contributed by atoms with van der Waals surface area (Å²) in [6.45, 7) is 7.62. The molecule has 1 aromatic rings. The quantitative estimate of drug-likeness (QED) is 0.785. The van der Waals surface area contributed by atoms with Gasteiger partial charge in [0.1, 0.15) is 0 Å². The first-order chi connectivity index (χ1) is 9.10. The molecule has 1 heterocycles. The van der Waals surface area contributed by atoms with Crippen molar-refractivity contribution < 1.29 is 14.3 Å². The molecule has 1 aliphatic rings. The van der Waals surface area contributed by atoms with Crippen molar-refractivity contribution in [2.75, 3.05) is 18.1 Å². The molecule has 0 radical (unpaired) electrons. The van der Waals surface area contributed by atoms with Gasteiger partial charge in [0.25, 0.3) is 11.8 Å². The maximum Gasteiger partial charge on any atom is 0.258 e. The first kappa shape index (κ1) is 15.1. The van der Waals surface area contributed by atoms with Crippen molar-refractivity contribution in [3.63, 3.8) is 0 Å². The summed E-state index contributed by atoms with van der Waals surface area (Å²) in [6, 6.07) is 7.26. The lowest BCUT2D eigenvalue weighted by atomic mass is 10.2. The predicted molar refractivity (Wildman–Crippen MR) is 75.0 cm³/mol. The molecule has 102 valence electrons. The average Bonchev–Trinajstić information content (AvgIpc) is 2.72. The Labute approximate surface area is 113 Å². The Balaban J connectivity index is 0.000000312. The third-order valence-corrected chi connectivity index (χ3v) is 2.51. The van der Waals surface area contributed by atoms with E-state index in [-0.39, 0.29) is 11.8 Å². The largest absolute Gasteiger partial charge is 0.382 e. The molecule has 0 aromatic heterocycles. The van der Waals surface area contributed by atoms with Gasteiger partial charge in [0, 0.05) is 25.4 Å². The highest BCUT2D eigenvalue weighted by Gasteiger charge is 2.24. The predicted octanol–water partition coefficient (Wildman–Crippen LogP) is 2.47. The van der Waals surface area contributed by atoms with E-state index >= 15 is 0 Å². The minimum atomic E-state index is -0.279. The van der Waals surface area contributed by atoms with E-state index in [1.54, 1.807) is 12.1 Å². The zero-order valence-electron chi connectivity index (χ0n) is 11.6. The van der Waals surface area contributed by atoms with Crippen LogP contribution >= 0.6 is 0 Å². The topological polar surface area (TPSA) is 46.6 Å². The van der Waals surface area contributed by atoms with E-state index < -0.39 is 0 Å². The minimum absolute atomic E-state index is 0.279. The van der Waals surface area contributed by atoms with Crippen molar-refractivity contribution in [3.8, 4) is 0 Å². The number of hydrogen-bond donors (Lipinski definition) is 0. The molecule has 2 amide bonds. The zero-order chi connectivity index (χ0) is 14.3. The van der Waals surface area contributed by atoms with Gasteiger partial charge in [-0.05, 0) is 32.9 Å². The van der Waals surface area contributed by atoms with Gasteiger partial charge in [-0.2, -0.15) is 0 Å². The molecule has 0 unspecified atom stereocenters. The maximum absolute atomic E-state index is 11.3. The van der Waals surface area contributed by atoms with Gasteiger partial charge >= 0.3 is 0 Å². The van der Waals surface area contributed by atoms with Crippen molar-refractivity contribution in [2.45, 2.75) is 20.8 Å². The second-order valence-corrected chi connectivity index (χ2v) is 3.96. The summed E-state index contributed by atoms with van der Waals surface area (Å²) in [5, 5.41) is 0. The summed E-state index contributed by atoms with van der Waals surface area (Å²) in [5.41, 5.74) is 1.72. The summed E-state index contributed by atoms with van der Waals surface area (Å²) in [4.78, 5) is 23.7. The number of amides is 2. The Morgan fingerprint density at radius 2 is 1.42 bits per heavy atom. The van der Waals surface area contributed by atoms with E-state index in [1.807, 2.05) is 32.9 Å². The highest BCUT2D eigenvalue weighted by molar-refractivity contribution is 6.28. The van der Waals surface area contributed by atoms with Crippen LogP contribution in [0.1, 0.15) is 19.4 Å². The number of carbonyl (C=O) groups excluding carboxylic acids is 2. The molecule has 0 atom stereocenters. The highest BCUT2D eigenvalue weighted by atomic mass is 16.5. The van der Waals surface area contributed by atoms with Crippen molar-refractivity contribution in [3.05, 3.63) is 42.0 Å². The fraction of sp³-hybridized carbons (Fsp3) is 0.333. The lowest BCUT2D eigenvalue weighted by Crippen LogP contribution is -2.29. The molecule has 0 bridgehead atoms. The van der Waals surface area contributed by atoms with Gasteiger partial charge in [-0.1, -0.05) is 17.7 Å². The maximum atomic E-state index is 11.3. The van der Waals surface area contributed by atoms with E-state index in [0.29, 0.717) is 5.69 Å². The van der Waals surface area contributed by atoms with Crippen LogP contribution < -0.4 is 4.90 Å². The van der Waals surface area contributed by atoms with Crippen LogP contribution in [-0.4, -0.2) is 25.0 Å². The van der Waals surface area contributed by atoms with E-state index in [0.717, 1.165) is 23.7 Å².